The van der Waals surface area contributed by atoms with Crippen LogP contribution in [0.3, 0.4) is 0 Å². The number of hydrogen-bond acceptors (Lipinski definition) is 4. The van der Waals surface area contributed by atoms with Crippen molar-refractivity contribution in [2.24, 2.45) is 5.41 Å². The van der Waals surface area contributed by atoms with Gasteiger partial charge in [-0.25, -0.2) is 0 Å². The zero-order valence-electron chi connectivity index (χ0n) is 18.0. The highest BCUT2D eigenvalue weighted by Gasteiger charge is 2.65. The van der Waals surface area contributed by atoms with Gasteiger partial charge in [-0.3, -0.25) is 9.35 Å². The molecule has 5 nitrogen and oxygen atoms in total. The third kappa shape index (κ3) is 2.74. The summed E-state index contributed by atoms with van der Waals surface area (Å²) in [5.41, 5.74) is 4.37. The van der Waals surface area contributed by atoms with Crippen molar-refractivity contribution in [3.63, 3.8) is 0 Å². The van der Waals surface area contributed by atoms with Crippen molar-refractivity contribution in [3.05, 3.63) is 63.3 Å². The van der Waals surface area contributed by atoms with Crippen LogP contribution in [0.4, 0.5) is 0 Å². The molecule has 1 saturated carbocycles. The molecule has 3 aliphatic rings. The third-order valence-electron chi connectivity index (χ3n) is 7.47. The van der Waals surface area contributed by atoms with E-state index >= 15 is 0 Å². The molecule has 3 aliphatic carbocycles. The Hall–Kier alpha value is -2.02. The molecule has 0 radical (unpaired) electrons. The second kappa shape index (κ2) is 6.49. The first-order valence-corrected chi connectivity index (χ1v) is 11.8. The highest BCUT2D eigenvalue weighted by atomic mass is 32.2. The van der Waals surface area contributed by atoms with Gasteiger partial charge in [0.1, 0.15) is 5.60 Å². The molecule has 6 heteroatoms. The maximum atomic E-state index is 13.2. The summed E-state index contributed by atoms with van der Waals surface area (Å²) in [6, 6.07) is 4.66. The van der Waals surface area contributed by atoms with Crippen molar-refractivity contribution in [3.8, 4) is 0 Å². The van der Waals surface area contributed by atoms with Gasteiger partial charge in [0.2, 0.25) is 0 Å². The van der Waals surface area contributed by atoms with Gasteiger partial charge in [-0.2, -0.15) is 8.42 Å². The van der Waals surface area contributed by atoms with Crippen molar-refractivity contribution in [2.75, 3.05) is 0 Å². The number of Topliss-reactive ketones (excluding diaryl/α,β-unsaturated/α-hetero) is 1. The molecule has 30 heavy (non-hydrogen) atoms. The zero-order valence-corrected chi connectivity index (χ0v) is 18.9. The summed E-state index contributed by atoms with van der Waals surface area (Å²) in [6.45, 7) is 9.57. The first-order valence-electron chi connectivity index (χ1n) is 10.4. The molecule has 0 bridgehead atoms. The molecule has 1 spiro atoms. The van der Waals surface area contributed by atoms with Crippen LogP contribution >= 0.6 is 0 Å². The number of aryl methyl sites for hydroxylation is 1. The molecule has 1 aromatic carbocycles. The third-order valence-corrected chi connectivity index (χ3v) is 8.32. The van der Waals surface area contributed by atoms with Crippen molar-refractivity contribution < 1.29 is 22.9 Å². The number of ketones is 1. The first kappa shape index (κ1) is 21.2. The lowest BCUT2D eigenvalue weighted by Crippen LogP contribution is -2.49. The van der Waals surface area contributed by atoms with E-state index < -0.39 is 21.1 Å². The second-order valence-corrected chi connectivity index (χ2v) is 10.5. The SMILES string of the molecule is CCC(C1=C(C)C=C2C(=O)C(C)(O)C3(CC3)C(C)=C21)c1cc(S(=O)(=O)O)ccc1C. The standard InChI is InChI=1S/C24H28O5S/c1-6-17(18-12-16(30(27,28)29)8-7-13(18)2)20-14(3)11-19-21(20)15(4)24(9-10-24)23(5,26)22(19)25/h7-8,11-12,17,26H,6,9-10H2,1-5H3,(H,27,28,29). The maximum absolute atomic E-state index is 13.2. The molecule has 0 amide bonds. The summed E-state index contributed by atoms with van der Waals surface area (Å²) in [5.74, 6) is -0.356. The Balaban J connectivity index is 1.91. The summed E-state index contributed by atoms with van der Waals surface area (Å²) in [5, 5.41) is 11.1. The quantitative estimate of drug-likeness (QED) is 0.693. The molecule has 4 rings (SSSR count). The van der Waals surface area contributed by atoms with E-state index in [9.17, 15) is 22.9 Å². The monoisotopic (exact) mass is 428 g/mol. The van der Waals surface area contributed by atoms with Crippen molar-refractivity contribution in [1.29, 1.82) is 0 Å². The highest BCUT2D eigenvalue weighted by molar-refractivity contribution is 7.85. The number of carbonyl (C=O) groups is 1. The predicted octanol–water partition coefficient (Wildman–Crippen LogP) is 4.42. The van der Waals surface area contributed by atoms with Gasteiger partial charge in [0.15, 0.2) is 5.78 Å². The van der Waals surface area contributed by atoms with Gasteiger partial charge in [-0.15, -0.1) is 0 Å². The Morgan fingerprint density at radius 2 is 1.80 bits per heavy atom. The molecule has 0 aliphatic heterocycles. The smallest absolute Gasteiger partial charge is 0.294 e. The van der Waals surface area contributed by atoms with Crippen LogP contribution < -0.4 is 0 Å². The Bertz CT molecular complexity index is 1170. The molecule has 2 atom stereocenters. The number of allylic oxidation sites excluding steroid dienone is 4. The number of benzene rings is 1. The largest absolute Gasteiger partial charge is 0.381 e. The van der Waals surface area contributed by atoms with Gasteiger partial charge in [-0.05, 0) is 93.0 Å². The summed E-state index contributed by atoms with van der Waals surface area (Å²) in [6.07, 6.45) is 4.15. The van der Waals surface area contributed by atoms with E-state index in [1.54, 1.807) is 19.1 Å². The normalized spacial score (nSPS) is 26.2. The van der Waals surface area contributed by atoms with Crippen LogP contribution in [0.25, 0.3) is 0 Å². The lowest BCUT2D eigenvalue weighted by atomic mass is 9.66. The molecular formula is C24H28O5S. The molecule has 0 heterocycles. The van der Waals surface area contributed by atoms with E-state index in [1.807, 2.05) is 33.8 Å². The predicted molar refractivity (Wildman–Crippen MR) is 115 cm³/mol. The fraction of sp³-hybridized carbons (Fsp3) is 0.458. The van der Waals surface area contributed by atoms with Crippen LogP contribution in [0.5, 0.6) is 0 Å². The average molecular weight is 429 g/mol. The van der Waals surface area contributed by atoms with Crippen molar-refractivity contribution in [1.82, 2.24) is 0 Å². The first-order chi connectivity index (χ1) is 13.9. The topological polar surface area (TPSA) is 91.7 Å². The summed E-state index contributed by atoms with van der Waals surface area (Å²) >= 11 is 0. The van der Waals surface area contributed by atoms with Crippen LogP contribution in [0, 0.1) is 12.3 Å². The number of rotatable bonds is 4. The van der Waals surface area contributed by atoms with Gasteiger partial charge in [0, 0.05) is 16.9 Å². The van der Waals surface area contributed by atoms with Crippen LogP contribution in [0.2, 0.25) is 0 Å². The lowest BCUT2D eigenvalue weighted by Gasteiger charge is -2.40. The summed E-state index contributed by atoms with van der Waals surface area (Å²) in [4.78, 5) is 13.1. The highest BCUT2D eigenvalue weighted by Crippen LogP contribution is 2.65. The van der Waals surface area contributed by atoms with E-state index in [2.05, 4.69) is 0 Å². The van der Waals surface area contributed by atoms with Crippen LogP contribution in [-0.2, 0) is 14.9 Å². The molecular weight excluding hydrogens is 400 g/mol. The Labute approximate surface area is 177 Å². The lowest BCUT2D eigenvalue weighted by molar-refractivity contribution is -0.137. The summed E-state index contributed by atoms with van der Waals surface area (Å²) in [7, 11) is -4.32. The van der Waals surface area contributed by atoms with Gasteiger partial charge in [0.05, 0.1) is 4.90 Å². The second-order valence-electron chi connectivity index (χ2n) is 9.09. The molecule has 160 valence electrons. The number of fused-ring (bicyclic) bond motifs is 1. The fourth-order valence-corrected chi connectivity index (χ4v) is 6.06. The Kier molecular flexibility index (Phi) is 4.59. The fourth-order valence-electron chi connectivity index (χ4n) is 5.55. The molecule has 1 fully saturated rings. The van der Waals surface area contributed by atoms with E-state index in [4.69, 9.17) is 0 Å². The van der Waals surface area contributed by atoms with E-state index in [-0.39, 0.29) is 16.6 Å². The van der Waals surface area contributed by atoms with Crippen molar-refractivity contribution >= 4 is 15.9 Å². The van der Waals surface area contributed by atoms with E-state index in [0.29, 0.717) is 12.0 Å². The minimum Gasteiger partial charge on any atom is -0.381 e. The van der Waals surface area contributed by atoms with Gasteiger partial charge in [-0.1, -0.05) is 18.6 Å². The molecule has 2 unspecified atom stereocenters. The van der Waals surface area contributed by atoms with Crippen LogP contribution in [0.1, 0.15) is 64.0 Å². The van der Waals surface area contributed by atoms with Crippen LogP contribution in [-0.4, -0.2) is 29.5 Å². The van der Waals surface area contributed by atoms with E-state index in [0.717, 1.165) is 46.3 Å². The Morgan fingerprint density at radius 3 is 2.33 bits per heavy atom. The molecule has 1 aromatic rings. The molecule has 0 saturated heterocycles. The number of hydrogen-bond donors (Lipinski definition) is 2. The average Bonchev–Trinajstić information content (AvgIpc) is 3.41. The Morgan fingerprint density at radius 1 is 1.17 bits per heavy atom. The van der Waals surface area contributed by atoms with Crippen LogP contribution in [0.15, 0.2) is 57.0 Å². The number of carbonyl (C=O) groups excluding carboxylic acids is 1. The minimum absolute atomic E-state index is 0.127. The van der Waals surface area contributed by atoms with Crippen molar-refractivity contribution in [2.45, 2.75) is 70.3 Å². The minimum atomic E-state index is -4.32. The molecule has 2 N–H and O–H groups in total. The van der Waals surface area contributed by atoms with E-state index in [1.165, 1.54) is 6.07 Å². The number of aliphatic hydroxyl groups is 1. The maximum Gasteiger partial charge on any atom is 0.294 e. The van der Waals surface area contributed by atoms with Gasteiger partial charge in [0.25, 0.3) is 10.1 Å². The summed E-state index contributed by atoms with van der Waals surface area (Å²) < 4.78 is 33.0. The zero-order chi connectivity index (χ0) is 22.2. The van der Waals surface area contributed by atoms with Gasteiger partial charge >= 0.3 is 0 Å². The molecule has 0 aromatic heterocycles. The van der Waals surface area contributed by atoms with Gasteiger partial charge < -0.3 is 5.11 Å².